The van der Waals surface area contributed by atoms with Crippen molar-refractivity contribution in [2.75, 3.05) is 12.3 Å². The van der Waals surface area contributed by atoms with E-state index in [-0.39, 0.29) is 18.9 Å². The quantitative estimate of drug-likeness (QED) is 0.595. The van der Waals surface area contributed by atoms with E-state index in [1.807, 2.05) is 46.8 Å². The lowest BCUT2D eigenvalue weighted by atomic mass is 9.77. The summed E-state index contributed by atoms with van der Waals surface area (Å²) in [5.41, 5.74) is 6.55. The van der Waals surface area contributed by atoms with Gasteiger partial charge in [0.1, 0.15) is 11.2 Å². The molecule has 1 unspecified atom stereocenters. The van der Waals surface area contributed by atoms with E-state index in [0.29, 0.717) is 5.69 Å². The molecule has 27 heavy (non-hydrogen) atoms. The Morgan fingerprint density at radius 2 is 1.56 bits per heavy atom. The summed E-state index contributed by atoms with van der Waals surface area (Å²) in [6.45, 7) is 15.0. The van der Waals surface area contributed by atoms with Gasteiger partial charge < -0.3 is 20.5 Å². The topological polar surface area (TPSA) is 90.6 Å². The van der Waals surface area contributed by atoms with Gasteiger partial charge in [0.2, 0.25) is 0 Å². The van der Waals surface area contributed by atoms with Gasteiger partial charge in [-0.05, 0) is 71.7 Å². The molecule has 1 aromatic carbocycles. The van der Waals surface area contributed by atoms with E-state index in [0.717, 1.165) is 11.1 Å². The van der Waals surface area contributed by atoms with Crippen molar-refractivity contribution in [1.82, 2.24) is 5.32 Å². The number of ether oxygens (including phenoxy) is 2. The number of nitrogens with two attached hydrogens (primary N) is 1. The zero-order chi connectivity index (χ0) is 21.0. The molecule has 3 N–H and O–H groups in total. The minimum atomic E-state index is -0.670. The molecule has 152 valence electrons. The molecule has 0 aliphatic carbocycles. The van der Waals surface area contributed by atoms with Crippen LogP contribution in [0.15, 0.2) is 18.2 Å². The van der Waals surface area contributed by atoms with Gasteiger partial charge in [0.05, 0.1) is 6.42 Å². The first-order valence-corrected chi connectivity index (χ1v) is 9.17. The first-order valence-electron chi connectivity index (χ1n) is 9.17. The number of amides is 1. The minimum Gasteiger partial charge on any atom is -0.460 e. The van der Waals surface area contributed by atoms with Crippen molar-refractivity contribution in [3.63, 3.8) is 0 Å². The standard InChI is InChI=1S/C21H34N2O4/c1-14-11-15(22)9-10-16(14)21(8,12-17(24)26-19(2,3)4)13-23-18(25)27-20(5,6)7/h9-11H,12-13,22H2,1-8H3,(H,23,25). The Morgan fingerprint density at radius 3 is 2.04 bits per heavy atom. The fourth-order valence-electron chi connectivity index (χ4n) is 2.89. The number of carbonyl (C=O) groups is 2. The van der Waals surface area contributed by atoms with Crippen LogP contribution >= 0.6 is 0 Å². The number of nitrogens with one attached hydrogen (secondary N) is 1. The van der Waals surface area contributed by atoms with Gasteiger partial charge >= 0.3 is 12.1 Å². The summed E-state index contributed by atoms with van der Waals surface area (Å²) in [6.07, 6.45) is -0.406. The number of hydrogen-bond donors (Lipinski definition) is 2. The maximum atomic E-state index is 12.5. The van der Waals surface area contributed by atoms with Gasteiger partial charge in [0, 0.05) is 17.6 Å². The lowest BCUT2D eigenvalue weighted by Crippen LogP contribution is -2.43. The Bertz CT molecular complexity index is 686. The molecule has 0 saturated heterocycles. The van der Waals surface area contributed by atoms with Crippen molar-refractivity contribution in [3.05, 3.63) is 29.3 Å². The average molecular weight is 379 g/mol. The molecule has 6 heteroatoms. The number of esters is 1. The fraction of sp³-hybridized carbons (Fsp3) is 0.619. The van der Waals surface area contributed by atoms with E-state index >= 15 is 0 Å². The molecule has 1 rings (SSSR count). The first-order chi connectivity index (χ1) is 12.1. The number of carbonyl (C=O) groups excluding carboxylic acids is 2. The number of nitrogen functional groups attached to an aromatic ring is 1. The van der Waals surface area contributed by atoms with Crippen LogP contribution in [0.4, 0.5) is 10.5 Å². The Hall–Kier alpha value is -2.24. The van der Waals surface area contributed by atoms with Gasteiger partial charge in [0.15, 0.2) is 0 Å². The molecule has 1 aromatic rings. The van der Waals surface area contributed by atoms with Gasteiger partial charge in [0.25, 0.3) is 0 Å². The molecule has 0 heterocycles. The van der Waals surface area contributed by atoms with E-state index in [4.69, 9.17) is 15.2 Å². The van der Waals surface area contributed by atoms with Crippen LogP contribution in [0.5, 0.6) is 0 Å². The molecular formula is C21H34N2O4. The van der Waals surface area contributed by atoms with Crippen LogP contribution in [0.1, 0.15) is 66.0 Å². The van der Waals surface area contributed by atoms with Gasteiger partial charge in [-0.1, -0.05) is 13.0 Å². The van der Waals surface area contributed by atoms with Crippen molar-refractivity contribution in [1.29, 1.82) is 0 Å². The first kappa shape index (κ1) is 22.8. The molecule has 0 fully saturated rings. The number of anilines is 1. The number of aryl methyl sites for hydroxylation is 1. The molecule has 0 bridgehead atoms. The van der Waals surface area contributed by atoms with Crippen LogP contribution in [0, 0.1) is 6.92 Å². The molecule has 0 radical (unpaired) electrons. The van der Waals surface area contributed by atoms with E-state index in [1.165, 1.54) is 0 Å². The van der Waals surface area contributed by atoms with Crippen LogP contribution in [0.25, 0.3) is 0 Å². The summed E-state index contributed by atoms with van der Waals surface area (Å²) in [4.78, 5) is 24.6. The molecule has 0 aliphatic rings. The van der Waals surface area contributed by atoms with Crippen molar-refractivity contribution < 1.29 is 19.1 Å². The highest BCUT2D eigenvalue weighted by molar-refractivity contribution is 5.73. The number of rotatable bonds is 5. The Balaban J connectivity index is 3.08. The van der Waals surface area contributed by atoms with Crippen LogP contribution in [-0.4, -0.2) is 29.8 Å². The Morgan fingerprint density at radius 1 is 1.00 bits per heavy atom. The van der Waals surface area contributed by atoms with Crippen molar-refractivity contribution in [2.45, 2.75) is 78.4 Å². The normalized spacial score (nSPS) is 14.2. The van der Waals surface area contributed by atoms with Crippen LogP contribution in [-0.2, 0) is 19.7 Å². The van der Waals surface area contributed by atoms with Crippen molar-refractivity contribution in [3.8, 4) is 0 Å². The van der Waals surface area contributed by atoms with Gasteiger partial charge in [-0.15, -0.1) is 0 Å². The van der Waals surface area contributed by atoms with Crippen LogP contribution < -0.4 is 11.1 Å². The van der Waals surface area contributed by atoms with E-state index in [1.54, 1.807) is 26.8 Å². The zero-order valence-electron chi connectivity index (χ0n) is 17.9. The number of alkyl carbamates (subject to hydrolysis) is 1. The predicted octanol–water partition coefficient (Wildman–Crippen LogP) is 4.09. The smallest absolute Gasteiger partial charge is 0.407 e. The van der Waals surface area contributed by atoms with Crippen LogP contribution in [0.3, 0.4) is 0 Å². The Kier molecular flexibility index (Phi) is 6.92. The second-order valence-electron chi connectivity index (χ2n) is 9.25. The molecule has 1 atom stereocenters. The van der Waals surface area contributed by atoms with Crippen LogP contribution in [0.2, 0.25) is 0 Å². The molecule has 6 nitrogen and oxygen atoms in total. The summed E-state index contributed by atoms with van der Waals surface area (Å²) < 4.78 is 10.8. The largest absolute Gasteiger partial charge is 0.460 e. The highest BCUT2D eigenvalue weighted by Gasteiger charge is 2.34. The molecule has 0 spiro atoms. The maximum absolute atomic E-state index is 12.5. The Labute approximate surface area is 162 Å². The maximum Gasteiger partial charge on any atom is 0.407 e. The average Bonchev–Trinajstić information content (AvgIpc) is 2.40. The molecule has 0 aliphatic heterocycles. The third kappa shape index (κ3) is 7.89. The van der Waals surface area contributed by atoms with Gasteiger partial charge in [-0.25, -0.2) is 4.79 Å². The lowest BCUT2D eigenvalue weighted by molar-refractivity contribution is -0.156. The third-order valence-corrected chi connectivity index (χ3v) is 3.88. The molecule has 1 amide bonds. The predicted molar refractivity (Wildman–Crippen MR) is 108 cm³/mol. The van der Waals surface area contributed by atoms with E-state index in [2.05, 4.69) is 5.32 Å². The molecule has 0 saturated carbocycles. The highest BCUT2D eigenvalue weighted by atomic mass is 16.6. The summed E-state index contributed by atoms with van der Waals surface area (Å²) >= 11 is 0. The third-order valence-electron chi connectivity index (χ3n) is 3.88. The second kappa shape index (κ2) is 8.19. The zero-order valence-corrected chi connectivity index (χ0v) is 17.9. The minimum absolute atomic E-state index is 0.116. The summed E-state index contributed by atoms with van der Waals surface area (Å²) in [5.74, 6) is -0.327. The summed E-state index contributed by atoms with van der Waals surface area (Å²) in [7, 11) is 0. The molecular weight excluding hydrogens is 344 g/mol. The van der Waals surface area contributed by atoms with E-state index < -0.39 is 22.7 Å². The summed E-state index contributed by atoms with van der Waals surface area (Å²) in [5, 5.41) is 2.79. The number of benzene rings is 1. The van der Waals surface area contributed by atoms with Crippen molar-refractivity contribution in [2.24, 2.45) is 0 Å². The van der Waals surface area contributed by atoms with Crippen molar-refractivity contribution >= 4 is 17.7 Å². The monoisotopic (exact) mass is 378 g/mol. The van der Waals surface area contributed by atoms with Gasteiger partial charge in [-0.2, -0.15) is 0 Å². The highest BCUT2D eigenvalue weighted by Crippen LogP contribution is 2.32. The second-order valence-corrected chi connectivity index (χ2v) is 9.25. The molecule has 0 aromatic heterocycles. The number of hydrogen-bond acceptors (Lipinski definition) is 5. The SMILES string of the molecule is Cc1cc(N)ccc1C(C)(CNC(=O)OC(C)(C)C)CC(=O)OC(C)(C)C. The van der Waals surface area contributed by atoms with Gasteiger partial charge in [-0.3, -0.25) is 4.79 Å². The fourth-order valence-corrected chi connectivity index (χ4v) is 2.89. The lowest BCUT2D eigenvalue weighted by Gasteiger charge is -2.33. The van der Waals surface area contributed by atoms with E-state index in [9.17, 15) is 9.59 Å². The summed E-state index contributed by atoms with van der Waals surface area (Å²) in [6, 6.07) is 5.55.